The summed E-state index contributed by atoms with van der Waals surface area (Å²) < 4.78 is 0. The van der Waals surface area contributed by atoms with Crippen molar-refractivity contribution in [1.82, 2.24) is 4.98 Å². The molecule has 0 amide bonds. The van der Waals surface area contributed by atoms with E-state index in [1.807, 2.05) is 49.4 Å². The van der Waals surface area contributed by atoms with Crippen molar-refractivity contribution >= 4 is 17.3 Å². The zero-order valence-electron chi connectivity index (χ0n) is 9.07. The van der Waals surface area contributed by atoms with Crippen LogP contribution in [0.1, 0.15) is 11.4 Å². The first-order valence-corrected chi connectivity index (χ1v) is 5.54. The molecule has 1 aromatic carbocycles. The number of para-hydroxylation sites is 1. The number of nitrogens with zero attached hydrogens (tertiary/aromatic N) is 1. The summed E-state index contributed by atoms with van der Waals surface area (Å²) in [5.74, 6) is 0. The third-order valence-electron chi connectivity index (χ3n) is 2.28. The Balaban J connectivity index is 2.05. The van der Waals surface area contributed by atoms with E-state index in [0.29, 0.717) is 6.54 Å². The molecule has 82 valence electrons. The monoisotopic (exact) mass is 232 g/mol. The van der Waals surface area contributed by atoms with Crippen molar-refractivity contribution in [2.24, 2.45) is 0 Å². The van der Waals surface area contributed by atoms with Crippen LogP contribution in [0, 0.1) is 6.92 Å². The molecule has 2 nitrogen and oxygen atoms in total. The van der Waals surface area contributed by atoms with Crippen LogP contribution in [0.5, 0.6) is 0 Å². The molecule has 0 spiro atoms. The third-order valence-corrected chi connectivity index (χ3v) is 2.61. The number of aromatic nitrogens is 1. The smallest absolute Gasteiger partial charge is 0.0637 e. The number of hydrogen-bond donors (Lipinski definition) is 1. The summed E-state index contributed by atoms with van der Waals surface area (Å²) in [6.45, 7) is 2.67. The highest BCUT2D eigenvalue weighted by molar-refractivity contribution is 6.33. The van der Waals surface area contributed by atoms with Gasteiger partial charge in [0, 0.05) is 5.69 Å². The number of nitrogens with one attached hydrogen (secondary N) is 1. The lowest BCUT2D eigenvalue weighted by molar-refractivity contribution is 1.02. The average Bonchev–Trinajstić information content (AvgIpc) is 2.28. The topological polar surface area (TPSA) is 24.9 Å². The molecule has 1 aromatic heterocycles. The normalized spacial score (nSPS) is 10.1. The van der Waals surface area contributed by atoms with Crippen LogP contribution in [0.4, 0.5) is 5.69 Å². The van der Waals surface area contributed by atoms with Crippen molar-refractivity contribution < 1.29 is 0 Å². The van der Waals surface area contributed by atoms with E-state index < -0.39 is 0 Å². The molecule has 0 saturated heterocycles. The Labute approximate surface area is 100 Å². The fraction of sp³-hybridized carbons (Fsp3) is 0.154. The lowest BCUT2D eigenvalue weighted by Crippen LogP contribution is -2.02. The second-order valence-corrected chi connectivity index (χ2v) is 4.01. The van der Waals surface area contributed by atoms with E-state index in [0.717, 1.165) is 22.1 Å². The summed E-state index contributed by atoms with van der Waals surface area (Å²) in [4.78, 5) is 4.41. The lowest BCUT2D eigenvalue weighted by Gasteiger charge is -2.07. The average molecular weight is 233 g/mol. The Hall–Kier alpha value is -1.54. The van der Waals surface area contributed by atoms with Gasteiger partial charge in [0.05, 0.1) is 22.9 Å². The van der Waals surface area contributed by atoms with Crippen LogP contribution in [0.15, 0.2) is 42.5 Å². The number of halogens is 1. The van der Waals surface area contributed by atoms with Crippen LogP contribution in [-0.4, -0.2) is 4.98 Å². The molecule has 2 aromatic rings. The quantitative estimate of drug-likeness (QED) is 0.874. The van der Waals surface area contributed by atoms with E-state index >= 15 is 0 Å². The van der Waals surface area contributed by atoms with Gasteiger partial charge in [-0.25, -0.2) is 0 Å². The molecule has 1 heterocycles. The van der Waals surface area contributed by atoms with Crippen molar-refractivity contribution in [3.8, 4) is 0 Å². The zero-order chi connectivity index (χ0) is 11.4. The fourth-order valence-electron chi connectivity index (χ4n) is 1.49. The van der Waals surface area contributed by atoms with Crippen LogP contribution < -0.4 is 5.32 Å². The molecule has 3 heteroatoms. The van der Waals surface area contributed by atoms with Crippen molar-refractivity contribution in [2.75, 3.05) is 5.32 Å². The van der Waals surface area contributed by atoms with Gasteiger partial charge in [0.1, 0.15) is 0 Å². The van der Waals surface area contributed by atoms with Crippen molar-refractivity contribution in [2.45, 2.75) is 13.5 Å². The number of rotatable bonds is 3. The van der Waals surface area contributed by atoms with Gasteiger partial charge < -0.3 is 5.32 Å². The molecular weight excluding hydrogens is 220 g/mol. The van der Waals surface area contributed by atoms with Crippen LogP contribution >= 0.6 is 11.6 Å². The van der Waals surface area contributed by atoms with Gasteiger partial charge >= 0.3 is 0 Å². The van der Waals surface area contributed by atoms with Gasteiger partial charge in [-0.15, -0.1) is 0 Å². The molecule has 0 aliphatic carbocycles. The Morgan fingerprint density at radius 2 is 1.94 bits per heavy atom. The Morgan fingerprint density at radius 1 is 1.12 bits per heavy atom. The SMILES string of the molecule is Cc1cccc(CNc2ccccc2Cl)n1. The van der Waals surface area contributed by atoms with Crippen LogP contribution in [0.3, 0.4) is 0 Å². The second kappa shape index (κ2) is 4.99. The van der Waals surface area contributed by atoms with Crippen molar-refractivity contribution in [3.05, 3.63) is 58.9 Å². The number of hydrogen-bond acceptors (Lipinski definition) is 2. The highest BCUT2D eigenvalue weighted by atomic mass is 35.5. The van der Waals surface area contributed by atoms with E-state index in [4.69, 9.17) is 11.6 Å². The van der Waals surface area contributed by atoms with E-state index in [1.165, 1.54) is 0 Å². The minimum Gasteiger partial charge on any atom is -0.378 e. The molecule has 0 saturated carbocycles. The van der Waals surface area contributed by atoms with Gasteiger partial charge in [0.15, 0.2) is 0 Å². The van der Waals surface area contributed by atoms with Crippen molar-refractivity contribution in [3.63, 3.8) is 0 Å². The Kier molecular flexibility index (Phi) is 3.42. The van der Waals surface area contributed by atoms with Crippen LogP contribution in [0.2, 0.25) is 5.02 Å². The highest BCUT2D eigenvalue weighted by Gasteiger charge is 1.99. The third kappa shape index (κ3) is 2.74. The molecular formula is C13H13ClN2. The molecule has 16 heavy (non-hydrogen) atoms. The summed E-state index contributed by atoms with van der Waals surface area (Å²) in [7, 11) is 0. The molecule has 0 bridgehead atoms. The summed E-state index contributed by atoms with van der Waals surface area (Å²) in [5.41, 5.74) is 2.98. The fourth-order valence-corrected chi connectivity index (χ4v) is 1.69. The van der Waals surface area contributed by atoms with Gasteiger partial charge in [-0.1, -0.05) is 29.8 Å². The van der Waals surface area contributed by atoms with Crippen molar-refractivity contribution in [1.29, 1.82) is 0 Å². The highest BCUT2D eigenvalue weighted by Crippen LogP contribution is 2.20. The molecule has 0 unspecified atom stereocenters. The van der Waals surface area contributed by atoms with Gasteiger partial charge in [-0.2, -0.15) is 0 Å². The van der Waals surface area contributed by atoms with E-state index in [2.05, 4.69) is 10.3 Å². The number of pyridine rings is 1. The summed E-state index contributed by atoms with van der Waals surface area (Å²) >= 11 is 6.04. The molecule has 0 radical (unpaired) electrons. The predicted molar refractivity (Wildman–Crippen MR) is 67.8 cm³/mol. The molecule has 0 aliphatic rings. The van der Waals surface area contributed by atoms with Crippen LogP contribution in [-0.2, 0) is 6.54 Å². The number of anilines is 1. The summed E-state index contributed by atoms with van der Waals surface area (Å²) in [6.07, 6.45) is 0. The first-order valence-electron chi connectivity index (χ1n) is 5.16. The lowest BCUT2D eigenvalue weighted by atomic mass is 10.3. The molecule has 0 atom stereocenters. The molecule has 0 fully saturated rings. The minimum absolute atomic E-state index is 0.686. The predicted octanol–water partition coefficient (Wildman–Crippen LogP) is 3.66. The number of aryl methyl sites for hydroxylation is 1. The second-order valence-electron chi connectivity index (χ2n) is 3.60. The summed E-state index contributed by atoms with van der Waals surface area (Å²) in [5, 5.41) is 3.99. The maximum atomic E-state index is 6.04. The molecule has 1 N–H and O–H groups in total. The van der Waals surface area contributed by atoms with Gasteiger partial charge in [0.2, 0.25) is 0 Å². The molecule has 0 aliphatic heterocycles. The van der Waals surface area contributed by atoms with Gasteiger partial charge in [-0.05, 0) is 31.2 Å². The zero-order valence-corrected chi connectivity index (χ0v) is 9.83. The van der Waals surface area contributed by atoms with Gasteiger partial charge in [0.25, 0.3) is 0 Å². The first kappa shape index (κ1) is 11.0. The summed E-state index contributed by atoms with van der Waals surface area (Å²) in [6, 6.07) is 13.7. The Morgan fingerprint density at radius 3 is 2.69 bits per heavy atom. The molecule has 2 rings (SSSR count). The standard InChI is InChI=1S/C13H13ClN2/c1-10-5-4-6-11(16-10)9-15-13-8-3-2-7-12(13)14/h2-8,15H,9H2,1H3. The maximum absolute atomic E-state index is 6.04. The largest absolute Gasteiger partial charge is 0.378 e. The Bertz CT molecular complexity index is 483. The van der Waals surface area contributed by atoms with E-state index in [9.17, 15) is 0 Å². The maximum Gasteiger partial charge on any atom is 0.0637 e. The van der Waals surface area contributed by atoms with E-state index in [-0.39, 0.29) is 0 Å². The number of benzene rings is 1. The van der Waals surface area contributed by atoms with Crippen LogP contribution in [0.25, 0.3) is 0 Å². The minimum atomic E-state index is 0.686. The van der Waals surface area contributed by atoms with Gasteiger partial charge in [-0.3, -0.25) is 4.98 Å². The first-order chi connectivity index (χ1) is 7.75. The van der Waals surface area contributed by atoms with E-state index in [1.54, 1.807) is 0 Å².